The fourth-order valence-electron chi connectivity index (χ4n) is 2.51. The van der Waals surface area contributed by atoms with Gasteiger partial charge in [-0.05, 0) is 61.9 Å². The minimum Gasteiger partial charge on any atom is -0.313 e. The van der Waals surface area contributed by atoms with E-state index in [-0.39, 0.29) is 5.82 Å². The normalized spacial score (nSPS) is 17.5. The van der Waals surface area contributed by atoms with Crippen LogP contribution in [0.4, 0.5) is 4.39 Å². The van der Waals surface area contributed by atoms with Crippen molar-refractivity contribution in [1.29, 1.82) is 0 Å². The minimum atomic E-state index is -0.197. The molecule has 2 rings (SSSR count). The quantitative estimate of drug-likeness (QED) is 0.817. The molecule has 1 nitrogen and oxygen atoms in total. The molecule has 1 aliphatic carbocycles. The van der Waals surface area contributed by atoms with Crippen LogP contribution in [0.15, 0.2) is 18.2 Å². The van der Waals surface area contributed by atoms with Crippen molar-refractivity contribution in [2.45, 2.75) is 45.1 Å². The lowest BCUT2D eigenvalue weighted by atomic mass is 9.77. The van der Waals surface area contributed by atoms with Crippen LogP contribution in [-0.4, -0.2) is 12.6 Å². The van der Waals surface area contributed by atoms with E-state index >= 15 is 0 Å². The summed E-state index contributed by atoms with van der Waals surface area (Å²) in [7, 11) is 0. The van der Waals surface area contributed by atoms with Crippen molar-refractivity contribution in [3.05, 3.63) is 34.6 Å². The van der Waals surface area contributed by atoms with Gasteiger partial charge in [0, 0.05) is 11.1 Å². The van der Waals surface area contributed by atoms with Gasteiger partial charge < -0.3 is 5.32 Å². The molecule has 1 unspecified atom stereocenters. The maximum Gasteiger partial charge on any atom is 0.123 e. The average Bonchev–Trinajstić information content (AvgIpc) is 2.28. The van der Waals surface area contributed by atoms with Gasteiger partial charge in [0.2, 0.25) is 0 Å². The van der Waals surface area contributed by atoms with E-state index in [0.717, 1.165) is 30.9 Å². The van der Waals surface area contributed by atoms with Gasteiger partial charge in [0.05, 0.1) is 0 Å². The van der Waals surface area contributed by atoms with E-state index in [0.29, 0.717) is 11.1 Å². The summed E-state index contributed by atoms with van der Waals surface area (Å²) in [5, 5.41) is 4.27. The largest absolute Gasteiger partial charge is 0.313 e. The van der Waals surface area contributed by atoms with Crippen molar-refractivity contribution >= 4 is 11.6 Å². The first-order chi connectivity index (χ1) is 8.70. The topological polar surface area (TPSA) is 12.0 Å². The lowest BCUT2D eigenvalue weighted by Gasteiger charge is -2.34. The molecule has 0 heterocycles. The Morgan fingerprint density at radius 1 is 1.44 bits per heavy atom. The smallest absolute Gasteiger partial charge is 0.123 e. The molecule has 1 atom stereocenters. The number of rotatable bonds is 6. The summed E-state index contributed by atoms with van der Waals surface area (Å²) < 4.78 is 13.3. The highest BCUT2D eigenvalue weighted by molar-refractivity contribution is 6.31. The second kappa shape index (κ2) is 6.53. The molecule has 1 aromatic rings. The molecular weight excluding hydrogens is 249 g/mol. The van der Waals surface area contributed by atoms with Gasteiger partial charge in [-0.1, -0.05) is 24.9 Å². The molecule has 0 aromatic heterocycles. The highest BCUT2D eigenvalue weighted by atomic mass is 35.5. The van der Waals surface area contributed by atoms with Crippen LogP contribution in [0.5, 0.6) is 0 Å². The molecule has 100 valence electrons. The monoisotopic (exact) mass is 269 g/mol. The van der Waals surface area contributed by atoms with Gasteiger partial charge in [0.15, 0.2) is 0 Å². The highest BCUT2D eigenvalue weighted by Gasteiger charge is 2.27. The molecule has 0 bridgehead atoms. The fourth-order valence-corrected chi connectivity index (χ4v) is 2.71. The molecular formula is C15H21ClFN. The van der Waals surface area contributed by atoms with E-state index in [2.05, 4.69) is 12.2 Å². The zero-order chi connectivity index (χ0) is 13.0. The first kappa shape index (κ1) is 13.8. The van der Waals surface area contributed by atoms with E-state index in [1.165, 1.54) is 25.3 Å². The lowest BCUT2D eigenvalue weighted by Crippen LogP contribution is -2.41. The van der Waals surface area contributed by atoms with Crippen LogP contribution in [0.2, 0.25) is 5.02 Å². The molecule has 0 saturated heterocycles. The molecule has 0 spiro atoms. The standard InChI is InChI=1S/C15H21ClFN/c1-2-8-18-15(11-4-3-5-11)10-12-9-13(17)6-7-14(12)16/h6-7,9,11,15,18H,2-5,8,10H2,1H3. The Morgan fingerprint density at radius 3 is 2.83 bits per heavy atom. The van der Waals surface area contributed by atoms with Gasteiger partial charge in [0.25, 0.3) is 0 Å². The van der Waals surface area contributed by atoms with Crippen LogP contribution in [0.3, 0.4) is 0 Å². The number of benzene rings is 1. The third kappa shape index (κ3) is 3.46. The second-order valence-electron chi connectivity index (χ2n) is 5.19. The van der Waals surface area contributed by atoms with E-state index in [1.807, 2.05) is 0 Å². The zero-order valence-corrected chi connectivity index (χ0v) is 11.6. The number of hydrogen-bond donors (Lipinski definition) is 1. The summed E-state index contributed by atoms with van der Waals surface area (Å²) in [5.41, 5.74) is 0.928. The van der Waals surface area contributed by atoms with Crippen molar-refractivity contribution in [2.75, 3.05) is 6.54 Å². The Kier molecular flexibility index (Phi) is 5.02. The third-order valence-electron chi connectivity index (χ3n) is 3.82. The van der Waals surface area contributed by atoms with Crippen LogP contribution in [0, 0.1) is 11.7 Å². The van der Waals surface area contributed by atoms with Crippen molar-refractivity contribution < 1.29 is 4.39 Å². The summed E-state index contributed by atoms with van der Waals surface area (Å²) in [5.74, 6) is 0.535. The first-order valence-corrected chi connectivity index (χ1v) is 7.25. The van der Waals surface area contributed by atoms with E-state index in [1.54, 1.807) is 12.1 Å². The summed E-state index contributed by atoms with van der Waals surface area (Å²) in [4.78, 5) is 0. The van der Waals surface area contributed by atoms with Crippen molar-refractivity contribution in [2.24, 2.45) is 5.92 Å². The molecule has 3 heteroatoms. The maximum atomic E-state index is 13.3. The van der Waals surface area contributed by atoms with Crippen molar-refractivity contribution in [3.63, 3.8) is 0 Å². The average molecular weight is 270 g/mol. The van der Waals surface area contributed by atoms with E-state index < -0.39 is 0 Å². The molecule has 1 saturated carbocycles. The first-order valence-electron chi connectivity index (χ1n) is 6.88. The number of halogens is 2. The Hall–Kier alpha value is -0.600. The van der Waals surface area contributed by atoms with Gasteiger partial charge in [-0.15, -0.1) is 0 Å². The van der Waals surface area contributed by atoms with Gasteiger partial charge in [0.1, 0.15) is 5.82 Å². The Morgan fingerprint density at radius 2 is 2.22 bits per heavy atom. The molecule has 1 N–H and O–H groups in total. The second-order valence-corrected chi connectivity index (χ2v) is 5.60. The molecule has 1 aromatic carbocycles. The molecule has 1 aliphatic rings. The van der Waals surface area contributed by atoms with Gasteiger partial charge in [-0.3, -0.25) is 0 Å². The predicted molar refractivity (Wildman–Crippen MR) is 74.5 cm³/mol. The van der Waals surface area contributed by atoms with Gasteiger partial charge in [-0.2, -0.15) is 0 Å². The summed E-state index contributed by atoms with van der Waals surface area (Å²) >= 11 is 6.15. The molecule has 0 aliphatic heterocycles. The molecule has 18 heavy (non-hydrogen) atoms. The van der Waals surface area contributed by atoms with Crippen LogP contribution >= 0.6 is 11.6 Å². The Labute approximate surface area is 114 Å². The molecule has 1 fully saturated rings. The predicted octanol–water partition coefficient (Wildman–Crippen LogP) is 4.19. The minimum absolute atomic E-state index is 0.197. The number of nitrogens with one attached hydrogen (secondary N) is 1. The van der Waals surface area contributed by atoms with Crippen molar-refractivity contribution in [3.8, 4) is 0 Å². The van der Waals surface area contributed by atoms with Crippen LogP contribution in [0.25, 0.3) is 0 Å². The maximum absolute atomic E-state index is 13.3. The Bertz CT molecular complexity index is 390. The summed E-state index contributed by atoms with van der Waals surface area (Å²) in [6, 6.07) is 5.09. The van der Waals surface area contributed by atoms with Crippen LogP contribution < -0.4 is 5.32 Å². The van der Waals surface area contributed by atoms with Crippen molar-refractivity contribution in [1.82, 2.24) is 5.32 Å². The van der Waals surface area contributed by atoms with Crippen LogP contribution in [-0.2, 0) is 6.42 Å². The van der Waals surface area contributed by atoms with Gasteiger partial charge >= 0.3 is 0 Å². The Balaban J connectivity index is 2.04. The lowest BCUT2D eigenvalue weighted by molar-refractivity contribution is 0.227. The van der Waals surface area contributed by atoms with E-state index in [9.17, 15) is 4.39 Å². The highest BCUT2D eigenvalue weighted by Crippen LogP contribution is 2.32. The van der Waals surface area contributed by atoms with Gasteiger partial charge in [-0.25, -0.2) is 4.39 Å². The fraction of sp³-hybridized carbons (Fsp3) is 0.600. The van der Waals surface area contributed by atoms with E-state index in [4.69, 9.17) is 11.6 Å². The van der Waals surface area contributed by atoms with Crippen LogP contribution in [0.1, 0.15) is 38.2 Å². The summed E-state index contributed by atoms with van der Waals surface area (Å²) in [6.45, 7) is 3.19. The number of hydrogen-bond acceptors (Lipinski definition) is 1. The molecule has 0 radical (unpaired) electrons. The summed E-state index contributed by atoms with van der Waals surface area (Å²) in [6.07, 6.45) is 5.86. The zero-order valence-electron chi connectivity index (χ0n) is 10.9. The molecule has 0 amide bonds. The third-order valence-corrected chi connectivity index (χ3v) is 4.19. The SMILES string of the molecule is CCCNC(Cc1cc(F)ccc1Cl)C1CCC1.